The molecule has 1 heterocycles. The van der Waals surface area contributed by atoms with Gasteiger partial charge >= 0.3 is 0 Å². The minimum Gasteiger partial charge on any atom is -0.496 e. The van der Waals surface area contributed by atoms with Gasteiger partial charge in [0.05, 0.1) is 30.3 Å². The van der Waals surface area contributed by atoms with E-state index >= 15 is 0 Å². The highest BCUT2D eigenvalue weighted by Crippen LogP contribution is 2.27. The molecule has 0 fully saturated rings. The molecule has 1 aliphatic heterocycles. The van der Waals surface area contributed by atoms with Gasteiger partial charge in [0.2, 0.25) is 0 Å². The average Bonchev–Trinajstić information content (AvgIpc) is 3.08. The Morgan fingerprint density at radius 1 is 1.00 bits per heavy atom. The van der Waals surface area contributed by atoms with Crippen LogP contribution < -0.4 is 14.8 Å². The van der Waals surface area contributed by atoms with E-state index in [1.54, 1.807) is 66.7 Å². The van der Waals surface area contributed by atoms with Crippen molar-refractivity contribution >= 4 is 23.4 Å². The second-order valence-corrected chi connectivity index (χ2v) is 7.20. The number of benzene rings is 3. The number of methoxy groups -OCH3 is 1. The molecular weight excluding hydrogens is 422 g/mol. The molecule has 33 heavy (non-hydrogen) atoms. The third-order valence-electron chi connectivity index (χ3n) is 5.14. The van der Waals surface area contributed by atoms with Gasteiger partial charge in [0, 0.05) is 5.69 Å². The minimum atomic E-state index is -0.415. The lowest BCUT2D eigenvalue weighted by Gasteiger charge is -2.16. The monoisotopic (exact) mass is 441 g/mol. The number of nitrogens with one attached hydrogen (secondary N) is 1. The number of fused-ring (bicyclic) bond motifs is 1. The molecule has 0 aromatic heterocycles. The normalized spacial score (nSPS) is 12.2. The first kappa shape index (κ1) is 21.6. The maximum absolute atomic E-state index is 12.9. The Balaban J connectivity index is 1.52. The molecule has 0 unspecified atom stereocenters. The Hall–Kier alpha value is -4.64. The van der Waals surface area contributed by atoms with Gasteiger partial charge in [-0.15, -0.1) is 0 Å². The average molecular weight is 441 g/mol. The van der Waals surface area contributed by atoms with E-state index in [-0.39, 0.29) is 30.5 Å². The first-order chi connectivity index (χ1) is 16.0. The van der Waals surface area contributed by atoms with Crippen molar-refractivity contribution in [2.75, 3.05) is 19.0 Å². The molecule has 0 radical (unpaired) electrons. The summed E-state index contributed by atoms with van der Waals surface area (Å²) >= 11 is 0. The van der Waals surface area contributed by atoms with Crippen LogP contribution in [0.1, 0.15) is 36.6 Å². The van der Waals surface area contributed by atoms with E-state index in [0.29, 0.717) is 33.9 Å². The van der Waals surface area contributed by atoms with E-state index in [1.807, 2.05) is 6.07 Å². The fourth-order valence-electron chi connectivity index (χ4n) is 3.54. The van der Waals surface area contributed by atoms with Gasteiger partial charge in [0.15, 0.2) is 6.61 Å². The highest BCUT2D eigenvalue weighted by Gasteiger charge is 2.35. The van der Waals surface area contributed by atoms with Crippen LogP contribution in [0.2, 0.25) is 0 Å². The van der Waals surface area contributed by atoms with E-state index in [1.165, 1.54) is 7.11 Å². The van der Waals surface area contributed by atoms with Crippen molar-refractivity contribution in [3.05, 3.63) is 89.0 Å². The summed E-state index contributed by atoms with van der Waals surface area (Å²) in [6, 6.07) is 20.1. The summed E-state index contributed by atoms with van der Waals surface area (Å²) in [4.78, 5) is 39.4. The largest absolute Gasteiger partial charge is 0.496 e. The van der Waals surface area contributed by atoms with Crippen molar-refractivity contribution in [3.63, 3.8) is 0 Å². The Morgan fingerprint density at radius 3 is 2.27 bits per heavy atom. The van der Waals surface area contributed by atoms with Crippen molar-refractivity contribution in [2.24, 2.45) is 0 Å². The number of hydrogen-bond acceptors (Lipinski definition) is 6. The van der Waals surface area contributed by atoms with Crippen LogP contribution in [0.25, 0.3) is 0 Å². The predicted octanol–water partition coefficient (Wildman–Crippen LogP) is 3.65. The lowest BCUT2D eigenvalue weighted by atomic mass is 10.1. The highest BCUT2D eigenvalue weighted by atomic mass is 16.5. The zero-order valence-corrected chi connectivity index (χ0v) is 17.7. The molecule has 3 aromatic carbocycles. The fourth-order valence-corrected chi connectivity index (χ4v) is 3.54. The first-order valence-electron chi connectivity index (χ1n) is 10.0. The standard InChI is InChI=1S/C25H19N3O5/c1-32-22-11-6-16(15-28-24(30)19-4-2-3-5-20(19)25(28)31)14-21(22)23(29)27-17-7-9-18(10-8-17)33-13-12-26/h2-11,14H,13,15H2,1H3,(H,27,29). The first-order valence-corrected chi connectivity index (χ1v) is 10.0. The summed E-state index contributed by atoms with van der Waals surface area (Å²) < 4.78 is 10.5. The van der Waals surface area contributed by atoms with Gasteiger partial charge in [0.25, 0.3) is 17.7 Å². The second kappa shape index (κ2) is 9.24. The number of carbonyl (C=O) groups excluding carboxylic acids is 3. The summed E-state index contributed by atoms with van der Waals surface area (Å²) in [6.45, 7) is -0.0374. The van der Waals surface area contributed by atoms with Crippen molar-refractivity contribution in [2.45, 2.75) is 6.54 Å². The number of nitrogens with zero attached hydrogens (tertiary/aromatic N) is 2. The van der Waals surface area contributed by atoms with Crippen molar-refractivity contribution in [3.8, 4) is 17.6 Å². The van der Waals surface area contributed by atoms with Crippen LogP contribution in [0.4, 0.5) is 5.69 Å². The van der Waals surface area contributed by atoms with Gasteiger partial charge in [-0.25, -0.2) is 0 Å². The molecule has 164 valence electrons. The summed E-state index contributed by atoms with van der Waals surface area (Å²) in [5.41, 5.74) is 2.14. The van der Waals surface area contributed by atoms with Crippen LogP contribution in [0.3, 0.4) is 0 Å². The minimum absolute atomic E-state index is 0.0293. The van der Waals surface area contributed by atoms with Crippen LogP contribution >= 0.6 is 0 Å². The Morgan fingerprint density at radius 2 is 1.67 bits per heavy atom. The number of amides is 3. The quantitative estimate of drug-likeness (QED) is 0.561. The zero-order chi connectivity index (χ0) is 23.4. The molecular formula is C25H19N3O5. The lowest BCUT2D eigenvalue weighted by molar-refractivity contribution is 0.0642. The van der Waals surface area contributed by atoms with Gasteiger partial charge in [-0.05, 0) is 54.1 Å². The fraction of sp³-hybridized carbons (Fsp3) is 0.120. The Kier molecular flexibility index (Phi) is 6.04. The van der Waals surface area contributed by atoms with Crippen LogP contribution in [0, 0.1) is 11.3 Å². The van der Waals surface area contributed by atoms with Gasteiger partial charge in [-0.2, -0.15) is 5.26 Å². The third kappa shape index (κ3) is 4.38. The van der Waals surface area contributed by atoms with E-state index in [9.17, 15) is 14.4 Å². The number of ether oxygens (including phenoxy) is 2. The van der Waals surface area contributed by atoms with Crippen LogP contribution in [0.5, 0.6) is 11.5 Å². The maximum atomic E-state index is 12.9. The molecule has 0 saturated heterocycles. The van der Waals surface area contributed by atoms with E-state index in [4.69, 9.17) is 14.7 Å². The van der Waals surface area contributed by atoms with Gasteiger partial charge < -0.3 is 14.8 Å². The number of hydrogen-bond donors (Lipinski definition) is 1. The molecule has 8 heteroatoms. The number of anilines is 1. The van der Waals surface area contributed by atoms with E-state index in [2.05, 4.69) is 5.32 Å². The molecule has 8 nitrogen and oxygen atoms in total. The molecule has 0 spiro atoms. The molecule has 3 amide bonds. The van der Waals surface area contributed by atoms with Crippen LogP contribution in [0.15, 0.2) is 66.7 Å². The van der Waals surface area contributed by atoms with Gasteiger partial charge in [-0.1, -0.05) is 18.2 Å². The van der Waals surface area contributed by atoms with E-state index < -0.39 is 5.91 Å². The second-order valence-electron chi connectivity index (χ2n) is 7.20. The summed E-state index contributed by atoms with van der Waals surface area (Å²) in [5.74, 6) is -0.281. The number of imide groups is 1. The summed E-state index contributed by atoms with van der Waals surface area (Å²) in [6.07, 6.45) is 0. The van der Waals surface area contributed by atoms with Crippen LogP contribution in [-0.4, -0.2) is 36.3 Å². The number of rotatable bonds is 7. The van der Waals surface area contributed by atoms with Crippen molar-refractivity contribution in [1.29, 1.82) is 5.26 Å². The molecule has 0 atom stereocenters. The zero-order valence-electron chi connectivity index (χ0n) is 17.7. The smallest absolute Gasteiger partial charge is 0.261 e. The molecule has 1 N–H and O–H groups in total. The number of carbonyl (C=O) groups is 3. The highest BCUT2D eigenvalue weighted by molar-refractivity contribution is 6.21. The SMILES string of the molecule is COc1ccc(CN2C(=O)c3ccccc3C2=O)cc1C(=O)Nc1ccc(OCC#N)cc1. The Labute approximate surface area is 190 Å². The third-order valence-corrected chi connectivity index (χ3v) is 5.14. The summed E-state index contributed by atoms with van der Waals surface area (Å²) in [5, 5.41) is 11.4. The van der Waals surface area contributed by atoms with Crippen LogP contribution in [-0.2, 0) is 6.54 Å². The molecule has 3 aromatic rings. The van der Waals surface area contributed by atoms with Gasteiger partial charge in [-0.3, -0.25) is 19.3 Å². The molecule has 0 saturated carbocycles. The molecule has 4 rings (SSSR count). The van der Waals surface area contributed by atoms with Crippen molar-refractivity contribution in [1.82, 2.24) is 4.90 Å². The molecule has 0 bridgehead atoms. The predicted molar refractivity (Wildman–Crippen MR) is 119 cm³/mol. The molecule has 0 aliphatic carbocycles. The molecule has 1 aliphatic rings. The topological polar surface area (TPSA) is 109 Å². The Bertz CT molecular complexity index is 1240. The maximum Gasteiger partial charge on any atom is 0.261 e. The lowest BCUT2D eigenvalue weighted by Crippen LogP contribution is -2.29. The van der Waals surface area contributed by atoms with Crippen molar-refractivity contribution < 1.29 is 23.9 Å². The summed E-state index contributed by atoms with van der Waals surface area (Å²) in [7, 11) is 1.46. The number of nitriles is 1. The van der Waals surface area contributed by atoms with Gasteiger partial charge in [0.1, 0.15) is 17.6 Å². The van der Waals surface area contributed by atoms with E-state index in [0.717, 1.165) is 4.90 Å².